The van der Waals surface area contributed by atoms with Crippen molar-refractivity contribution in [3.63, 3.8) is 0 Å². The van der Waals surface area contributed by atoms with Crippen LogP contribution in [0.2, 0.25) is 0 Å². The predicted octanol–water partition coefficient (Wildman–Crippen LogP) is 3.54. The Morgan fingerprint density at radius 3 is 2.41 bits per heavy atom. The van der Waals surface area contributed by atoms with Crippen LogP contribution >= 0.6 is 0 Å². The number of rotatable bonds is 6. The first-order chi connectivity index (χ1) is 14.0. The number of nitrogens with one attached hydrogen (secondary N) is 1. The summed E-state index contributed by atoms with van der Waals surface area (Å²) in [6.45, 7) is 3.05. The number of sulfonamides is 1. The number of fused-ring (bicyclic) bond motifs is 1. The third-order valence-corrected chi connectivity index (χ3v) is 7.89. The van der Waals surface area contributed by atoms with Crippen molar-refractivity contribution in [1.29, 1.82) is 0 Å². The fraction of sp³-hybridized carbons (Fsp3) is 0.435. The highest BCUT2D eigenvalue weighted by Crippen LogP contribution is 2.33. The minimum absolute atomic E-state index is 0.481. The summed E-state index contributed by atoms with van der Waals surface area (Å²) in [5.41, 5.74) is 2.53. The molecule has 1 amide bonds. The van der Waals surface area contributed by atoms with Crippen molar-refractivity contribution in [1.82, 2.24) is 9.62 Å². The third-order valence-electron chi connectivity index (χ3n) is 6.18. The molecule has 6 heteroatoms. The first-order valence-corrected chi connectivity index (χ1v) is 12.0. The monoisotopic (exact) mass is 412 g/mol. The summed E-state index contributed by atoms with van der Waals surface area (Å²) in [7, 11) is -3.65. The van der Waals surface area contributed by atoms with Gasteiger partial charge in [-0.25, -0.2) is 13.1 Å². The lowest BCUT2D eigenvalue weighted by Gasteiger charge is -2.32. The molecule has 2 heterocycles. The van der Waals surface area contributed by atoms with Crippen LogP contribution in [0.4, 0.5) is 0 Å². The van der Waals surface area contributed by atoms with E-state index in [0.29, 0.717) is 17.5 Å². The fourth-order valence-corrected chi connectivity index (χ4v) is 6.11. The number of carbonyl (C=O) groups excluding carboxylic acids is 1. The molecule has 0 radical (unpaired) electrons. The standard InChI is InChI=1S/C23H28N2O3S/c26-23-21-10-5-4-9-20(21)22(29(27,28)24-23)11-6-14-25-15-12-19(13-16-25)17-18-7-2-1-3-8-18/h1-5,7-10,19,22H,6,11-17H2,(H,24,26). The minimum Gasteiger partial charge on any atom is -0.303 e. The van der Waals surface area contributed by atoms with E-state index in [-0.39, 0.29) is 0 Å². The quantitative estimate of drug-likeness (QED) is 0.788. The average Bonchev–Trinajstić information content (AvgIpc) is 2.72. The van der Waals surface area contributed by atoms with Gasteiger partial charge in [-0.3, -0.25) is 4.79 Å². The number of benzene rings is 2. The molecule has 0 aromatic heterocycles. The molecule has 2 aliphatic rings. The lowest BCUT2D eigenvalue weighted by atomic mass is 9.90. The first-order valence-electron chi connectivity index (χ1n) is 10.4. The van der Waals surface area contributed by atoms with Gasteiger partial charge in [0.15, 0.2) is 0 Å². The van der Waals surface area contributed by atoms with Crippen LogP contribution in [0.3, 0.4) is 0 Å². The maximum absolute atomic E-state index is 12.5. The highest BCUT2D eigenvalue weighted by Gasteiger charge is 2.36. The Morgan fingerprint density at radius 2 is 1.66 bits per heavy atom. The number of nitrogens with zero attached hydrogens (tertiary/aromatic N) is 1. The zero-order valence-electron chi connectivity index (χ0n) is 16.6. The van der Waals surface area contributed by atoms with Gasteiger partial charge in [-0.2, -0.15) is 0 Å². The molecular weight excluding hydrogens is 384 g/mol. The van der Waals surface area contributed by atoms with E-state index in [2.05, 4.69) is 40.0 Å². The molecule has 1 atom stereocenters. The summed E-state index contributed by atoms with van der Waals surface area (Å²) in [6.07, 6.45) is 4.86. The molecule has 0 aliphatic carbocycles. The lowest BCUT2D eigenvalue weighted by Crippen LogP contribution is -2.40. The molecule has 1 fully saturated rings. The Morgan fingerprint density at radius 1 is 0.966 bits per heavy atom. The first kappa shape index (κ1) is 20.1. The van der Waals surface area contributed by atoms with E-state index in [1.807, 2.05) is 0 Å². The number of piperidine rings is 1. The smallest absolute Gasteiger partial charge is 0.265 e. The summed E-state index contributed by atoms with van der Waals surface area (Å²) in [6, 6.07) is 17.7. The van der Waals surface area contributed by atoms with E-state index >= 15 is 0 Å². The summed E-state index contributed by atoms with van der Waals surface area (Å²) in [5, 5.41) is -0.646. The van der Waals surface area contributed by atoms with E-state index in [1.165, 1.54) is 18.4 Å². The van der Waals surface area contributed by atoms with Gasteiger partial charge in [-0.1, -0.05) is 48.5 Å². The molecule has 2 aromatic rings. The van der Waals surface area contributed by atoms with Gasteiger partial charge in [0, 0.05) is 5.56 Å². The van der Waals surface area contributed by atoms with Gasteiger partial charge in [-0.05, 0) is 74.8 Å². The number of hydrogen-bond acceptors (Lipinski definition) is 4. The zero-order chi connectivity index (χ0) is 20.3. The second kappa shape index (κ2) is 8.67. The number of hydrogen-bond donors (Lipinski definition) is 1. The van der Waals surface area contributed by atoms with Gasteiger partial charge in [0.2, 0.25) is 10.0 Å². The molecule has 29 heavy (non-hydrogen) atoms. The van der Waals surface area contributed by atoms with Crippen LogP contribution < -0.4 is 4.72 Å². The van der Waals surface area contributed by atoms with Gasteiger partial charge >= 0.3 is 0 Å². The number of likely N-dealkylation sites (tertiary alicyclic amines) is 1. The van der Waals surface area contributed by atoms with Crippen LogP contribution in [-0.2, 0) is 16.4 Å². The largest absolute Gasteiger partial charge is 0.303 e. The summed E-state index contributed by atoms with van der Waals surface area (Å²) >= 11 is 0. The molecule has 1 N–H and O–H groups in total. The van der Waals surface area contributed by atoms with Crippen molar-refractivity contribution in [2.24, 2.45) is 5.92 Å². The Hall–Kier alpha value is -2.18. The third kappa shape index (κ3) is 4.70. The predicted molar refractivity (Wildman–Crippen MR) is 114 cm³/mol. The van der Waals surface area contributed by atoms with Crippen molar-refractivity contribution in [2.75, 3.05) is 19.6 Å². The molecule has 1 unspecified atom stereocenters. The van der Waals surface area contributed by atoms with E-state index in [9.17, 15) is 13.2 Å². The van der Waals surface area contributed by atoms with E-state index < -0.39 is 21.2 Å². The van der Waals surface area contributed by atoms with E-state index in [0.717, 1.165) is 38.4 Å². The molecule has 5 nitrogen and oxygen atoms in total. The lowest BCUT2D eigenvalue weighted by molar-refractivity contribution is 0.0976. The van der Waals surface area contributed by atoms with Crippen molar-refractivity contribution in [3.8, 4) is 0 Å². The van der Waals surface area contributed by atoms with Crippen LogP contribution in [0, 0.1) is 5.92 Å². The second-order valence-corrected chi connectivity index (χ2v) is 10.0. The summed E-state index contributed by atoms with van der Waals surface area (Å²) in [5.74, 6) is 0.215. The maximum Gasteiger partial charge on any atom is 0.265 e. The second-order valence-electron chi connectivity index (χ2n) is 8.17. The average molecular weight is 413 g/mol. The molecule has 154 valence electrons. The maximum atomic E-state index is 12.5. The van der Waals surface area contributed by atoms with Crippen molar-refractivity contribution < 1.29 is 13.2 Å². The van der Waals surface area contributed by atoms with E-state index in [4.69, 9.17) is 0 Å². The molecule has 2 aromatic carbocycles. The Bertz CT molecular complexity index is 951. The number of amides is 1. The van der Waals surface area contributed by atoms with Crippen LogP contribution in [-0.4, -0.2) is 38.9 Å². The molecule has 0 spiro atoms. The Labute approximate surface area is 173 Å². The fourth-order valence-electron chi connectivity index (χ4n) is 4.58. The molecular formula is C23H28N2O3S. The van der Waals surface area contributed by atoms with Gasteiger partial charge in [0.1, 0.15) is 5.25 Å². The van der Waals surface area contributed by atoms with Crippen molar-refractivity contribution in [2.45, 2.75) is 37.4 Å². The molecule has 2 aliphatic heterocycles. The SMILES string of the molecule is O=C1NS(=O)(=O)C(CCCN2CCC(Cc3ccccc3)CC2)c2ccccc21. The van der Waals surface area contributed by atoms with Crippen LogP contribution in [0.15, 0.2) is 54.6 Å². The zero-order valence-corrected chi connectivity index (χ0v) is 17.4. The molecule has 0 saturated carbocycles. The molecule has 1 saturated heterocycles. The van der Waals surface area contributed by atoms with Crippen LogP contribution in [0.25, 0.3) is 0 Å². The Balaban J connectivity index is 1.29. The number of carbonyl (C=O) groups is 1. The summed E-state index contributed by atoms with van der Waals surface area (Å²) < 4.78 is 27.2. The van der Waals surface area contributed by atoms with Crippen LogP contribution in [0.5, 0.6) is 0 Å². The molecule has 4 rings (SSSR count). The highest BCUT2D eigenvalue weighted by molar-refractivity contribution is 7.90. The topological polar surface area (TPSA) is 66.5 Å². The van der Waals surface area contributed by atoms with Crippen molar-refractivity contribution in [3.05, 3.63) is 71.3 Å². The summed E-state index contributed by atoms with van der Waals surface area (Å²) in [4.78, 5) is 14.5. The molecule has 0 bridgehead atoms. The minimum atomic E-state index is -3.65. The normalized spacial score (nSPS) is 22.1. The Kier molecular flexibility index (Phi) is 6.01. The van der Waals surface area contributed by atoms with Gasteiger partial charge < -0.3 is 4.90 Å². The van der Waals surface area contributed by atoms with E-state index in [1.54, 1.807) is 24.3 Å². The van der Waals surface area contributed by atoms with Gasteiger partial charge in [0.05, 0.1) is 0 Å². The van der Waals surface area contributed by atoms with Gasteiger partial charge in [-0.15, -0.1) is 0 Å². The van der Waals surface area contributed by atoms with Crippen molar-refractivity contribution >= 4 is 15.9 Å². The van der Waals surface area contributed by atoms with Gasteiger partial charge in [0.25, 0.3) is 5.91 Å². The highest BCUT2D eigenvalue weighted by atomic mass is 32.2. The van der Waals surface area contributed by atoms with Crippen LogP contribution in [0.1, 0.15) is 52.4 Å².